The molecule has 19 heavy (non-hydrogen) atoms. The van der Waals surface area contributed by atoms with Gasteiger partial charge in [-0.2, -0.15) is 0 Å². The number of ether oxygens (including phenoxy) is 1. The van der Waals surface area contributed by atoms with Crippen molar-refractivity contribution in [3.63, 3.8) is 0 Å². The number of sulfonamides is 1. The second kappa shape index (κ2) is 5.62. The first kappa shape index (κ1) is 14.5. The van der Waals surface area contributed by atoms with Gasteiger partial charge in [0, 0.05) is 20.3 Å². The van der Waals surface area contributed by atoms with E-state index in [2.05, 4.69) is 5.32 Å². The molecule has 1 saturated carbocycles. The highest BCUT2D eigenvalue weighted by Crippen LogP contribution is 2.48. The van der Waals surface area contributed by atoms with Gasteiger partial charge in [-0.15, -0.1) is 0 Å². The number of furan rings is 1. The van der Waals surface area contributed by atoms with Crippen molar-refractivity contribution in [3.05, 3.63) is 17.9 Å². The quantitative estimate of drug-likeness (QED) is 0.739. The minimum atomic E-state index is -3.75. The van der Waals surface area contributed by atoms with Gasteiger partial charge in [-0.3, -0.25) is 0 Å². The van der Waals surface area contributed by atoms with E-state index in [0.29, 0.717) is 17.7 Å². The van der Waals surface area contributed by atoms with E-state index in [9.17, 15) is 8.42 Å². The minimum absolute atomic E-state index is 0.190. The van der Waals surface area contributed by atoms with Crippen LogP contribution in [-0.4, -0.2) is 28.7 Å². The number of methoxy groups -OCH3 is 1. The molecule has 1 fully saturated rings. The van der Waals surface area contributed by atoms with Crippen molar-refractivity contribution in [2.75, 3.05) is 20.3 Å². The van der Waals surface area contributed by atoms with E-state index in [1.54, 1.807) is 13.2 Å². The number of nitrogens with one attached hydrogen (secondary N) is 1. The number of hydrogen-bond donors (Lipinski definition) is 2. The van der Waals surface area contributed by atoms with Crippen LogP contribution in [0.4, 0.5) is 0 Å². The summed E-state index contributed by atoms with van der Waals surface area (Å²) in [6.45, 7) is 2.17. The van der Waals surface area contributed by atoms with Crippen molar-refractivity contribution < 1.29 is 17.6 Å². The Kier molecular flexibility index (Phi) is 4.29. The van der Waals surface area contributed by atoms with E-state index in [-0.39, 0.29) is 5.09 Å². The molecule has 2 rings (SSSR count). The van der Waals surface area contributed by atoms with Crippen LogP contribution in [0.2, 0.25) is 0 Å². The maximum Gasteiger partial charge on any atom is 0.271 e. The summed E-state index contributed by atoms with van der Waals surface area (Å²) in [5, 5.41) is 8.08. The smallest absolute Gasteiger partial charge is 0.271 e. The fourth-order valence-electron chi connectivity index (χ4n) is 2.07. The van der Waals surface area contributed by atoms with Crippen molar-refractivity contribution in [1.82, 2.24) is 5.32 Å². The van der Waals surface area contributed by atoms with Crippen molar-refractivity contribution >= 4 is 10.0 Å². The lowest BCUT2D eigenvalue weighted by molar-refractivity contribution is 0.171. The second-order valence-electron chi connectivity index (χ2n) is 5.11. The largest absolute Gasteiger partial charge is 0.447 e. The lowest BCUT2D eigenvalue weighted by atomic mass is 10.0. The third kappa shape index (κ3) is 4.04. The van der Waals surface area contributed by atoms with E-state index < -0.39 is 10.0 Å². The Morgan fingerprint density at radius 2 is 2.21 bits per heavy atom. The summed E-state index contributed by atoms with van der Waals surface area (Å²) >= 11 is 0. The Morgan fingerprint density at radius 3 is 2.74 bits per heavy atom. The molecule has 0 amide bonds. The topological polar surface area (TPSA) is 94.6 Å². The predicted molar refractivity (Wildman–Crippen MR) is 69.9 cm³/mol. The lowest BCUT2D eigenvalue weighted by Crippen LogP contribution is -2.24. The first-order valence-corrected chi connectivity index (χ1v) is 7.81. The van der Waals surface area contributed by atoms with E-state index in [1.165, 1.54) is 18.9 Å². The molecule has 1 aliphatic carbocycles. The molecule has 7 heteroatoms. The Balaban J connectivity index is 1.79. The average molecular weight is 288 g/mol. The highest BCUT2D eigenvalue weighted by Gasteiger charge is 2.41. The molecule has 108 valence electrons. The molecule has 1 aromatic rings. The van der Waals surface area contributed by atoms with Gasteiger partial charge in [-0.25, -0.2) is 13.6 Å². The van der Waals surface area contributed by atoms with Gasteiger partial charge >= 0.3 is 0 Å². The molecule has 0 radical (unpaired) electrons. The zero-order valence-corrected chi connectivity index (χ0v) is 11.8. The summed E-state index contributed by atoms with van der Waals surface area (Å²) in [6, 6.07) is 3.01. The molecule has 0 aromatic carbocycles. The summed E-state index contributed by atoms with van der Waals surface area (Å²) in [5.41, 5.74) is 0.353. The van der Waals surface area contributed by atoms with E-state index >= 15 is 0 Å². The number of hydrogen-bond acceptors (Lipinski definition) is 5. The minimum Gasteiger partial charge on any atom is -0.447 e. The predicted octanol–water partition coefficient (Wildman–Crippen LogP) is 0.833. The summed E-state index contributed by atoms with van der Waals surface area (Å²) < 4.78 is 32.4. The summed E-state index contributed by atoms with van der Waals surface area (Å²) in [4.78, 5) is 0. The van der Waals surface area contributed by atoms with Crippen molar-refractivity contribution in [1.29, 1.82) is 0 Å². The number of primary sulfonamides is 1. The summed E-state index contributed by atoms with van der Waals surface area (Å²) in [7, 11) is -2.04. The van der Waals surface area contributed by atoms with Crippen LogP contribution in [0, 0.1) is 5.41 Å². The van der Waals surface area contributed by atoms with Crippen LogP contribution in [0.15, 0.2) is 21.6 Å². The normalized spacial score (nSPS) is 17.6. The first-order valence-electron chi connectivity index (χ1n) is 6.26. The fraction of sp³-hybridized carbons (Fsp3) is 0.667. The van der Waals surface area contributed by atoms with Crippen LogP contribution < -0.4 is 10.5 Å². The van der Waals surface area contributed by atoms with E-state index in [4.69, 9.17) is 14.3 Å². The van der Waals surface area contributed by atoms with Crippen molar-refractivity contribution in [3.8, 4) is 0 Å². The van der Waals surface area contributed by atoms with Crippen LogP contribution in [0.25, 0.3) is 0 Å². The van der Waals surface area contributed by atoms with Gasteiger partial charge in [0.05, 0.1) is 6.54 Å². The Bertz CT molecular complexity index is 520. The molecule has 1 heterocycles. The third-order valence-electron chi connectivity index (χ3n) is 3.51. The highest BCUT2D eigenvalue weighted by molar-refractivity contribution is 7.89. The van der Waals surface area contributed by atoms with Crippen LogP contribution in [-0.2, 0) is 21.3 Å². The number of rotatable bonds is 8. The van der Waals surface area contributed by atoms with E-state index in [1.807, 2.05) is 0 Å². The summed E-state index contributed by atoms with van der Waals surface area (Å²) in [6.07, 6.45) is 3.48. The molecule has 0 bridgehead atoms. The van der Waals surface area contributed by atoms with Crippen LogP contribution in [0.5, 0.6) is 0 Å². The molecule has 1 aromatic heterocycles. The zero-order valence-electron chi connectivity index (χ0n) is 11.0. The molecule has 3 N–H and O–H groups in total. The standard InChI is InChI=1S/C12H20N2O4S/c1-17-7-6-12(4-5-12)9-14-8-10-2-3-11(18-10)19(13,15)16/h2-3,14H,4-9H2,1H3,(H2,13,15,16). The molecule has 0 saturated heterocycles. The van der Waals surface area contributed by atoms with Gasteiger partial charge in [0.1, 0.15) is 5.76 Å². The third-order valence-corrected chi connectivity index (χ3v) is 4.29. The van der Waals surface area contributed by atoms with Gasteiger partial charge in [0.25, 0.3) is 10.0 Å². The molecule has 6 nitrogen and oxygen atoms in total. The summed E-state index contributed by atoms with van der Waals surface area (Å²) in [5.74, 6) is 0.576. The monoisotopic (exact) mass is 288 g/mol. The Labute approximate surface area is 113 Å². The molecular weight excluding hydrogens is 268 g/mol. The van der Waals surface area contributed by atoms with Gasteiger partial charge < -0.3 is 14.5 Å². The fourth-order valence-corrected chi connectivity index (χ4v) is 2.55. The molecule has 1 aliphatic rings. The highest BCUT2D eigenvalue weighted by atomic mass is 32.2. The van der Waals surface area contributed by atoms with Crippen LogP contribution in [0.3, 0.4) is 0 Å². The zero-order chi connectivity index (χ0) is 13.9. The first-order chi connectivity index (χ1) is 8.95. The second-order valence-corrected chi connectivity index (χ2v) is 6.60. The molecule has 0 unspecified atom stereocenters. The maximum atomic E-state index is 11.1. The van der Waals surface area contributed by atoms with Crippen LogP contribution in [0.1, 0.15) is 25.0 Å². The maximum absolute atomic E-state index is 11.1. The van der Waals surface area contributed by atoms with Gasteiger partial charge in [0.2, 0.25) is 5.09 Å². The molecule has 0 spiro atoms. The SMILES string of the molecule is COCCC1(CNCc2ccc(S(N)(=O)=O)o2)CC1. The Morgan fingerprint density at radius 1 is 1.47 bits per heavy atom. The van der Waals surface area contributed by atoms with Gasteiger partial charge in [-0.1, -0.05) is 0 Å². The number of nitrogens with two attached hydrogens (primary N) is 1. The molecule has 0 atom stereocenters. The van der Waals surface area contributed by atoms with Gasteiger partial charge in [-0.05, 0) is 36.8 Å². The Hall–Kier alpha value is -0.890. The van der Waals surface area contributed by atoms with Gasteiger partial charge in [0.15, 0.2) is 0 Å². The van der Waals surface area contributed by atoms with Crippen LogP contribution >= 0.6 is 0 Å². The average Bonchev–Trinajstić information content (AvgIpc) is 2.92. The van der Waals surface area contributed by atoms with Crippen molar-refractivity contribution in [2.45, 2.75) is 30.9 Å². The lowest BCUT2D eigenvalue weighted by Gasteiger charge is -2.14. The molecular formula is C12H20N2O4S. The van der Waals surface area contributed by atoms with Crippen molar-refractivity contribution in [2.24, 2.45) is 10.6 Å². The van der Waals surface area contributed by atoms with E-state index in [0.717, 1.165) is 19.6 Å². The molecule has 0 aliphatic heterocycles.